The van der Waals surface area contributed by atoms with Crippen molar-refractivity contribution in [2.75, 3.05) is 19.6 Å². The molecule has 1 saturated heterocycles. The Morgan fingerprint density at radius 1 is 1.50 bits per heavy atom. The van der Waals surface area contributed by atoms with E-state index in [0.29, 0.717) is 13.1 Å². The van der Waals surface area contributed by atoms with Crippen LogP contribution in [0, 0.1) is 5.82 Å². The number of piperazine rings is 1. The first kappa shape index (κ1) is 12.8. The van der Waals surface area contributed by atoms with Crippen LogP contribution in [0.3, 0.4) is 0 Å². The topological polar surface area (TPSA) is 49.4 Å². The van der Waals surface area contributed by atoms with Crippen molar-refractivity contribution in [3.63, 3.8) is 0 Å². The molecule has 4 nitrogen and oxygen atoms in total. The van der Waals surface area contributed by atoms with Crippen LogP contribution in [0.5, 0.6) is 0 Å². The average Bonchev–Trinajstić information content (AvgIpc) is 2.34. The van der Waals surface area contributed by atoms with E-state index in [-0.39, 0.29) is 35.4 Å². The summed E-state index contributed by atoms with van der Waals surface area (Å²) in [5.74, 6) is -0.997. The van der Waals surface area contributed by atoms with Gasteiger partial charge in [-0.3, -0.25) is 9.59 Å². The fourth-order valence-corrected chi connectivity index (χ4v) is 2.05. The van der Waals surface area contributed by atoms with Crippen LogP contribution >= 0.6 is 11.6 Å². The van der Waals surface area contributed by atoms with E-state index in [0.717, 1.165) is 0 Å². The van der Waals surface area contributed by atoms with Crippen molar-refractivity contribution in [3.05, 3.63) is 34.6 Å². The highest BCUT2D eigenvalue weighted by Gasteiger charge is 2.22. The number of rotatable bonds is 2. The molecule has 1 fully saturated rings. The first-order valence-corrected chi connectivity index (χ1v) is 5.93. The molecule has 0 aliphatic carbocycles. The second-order valence-corrected chi connectivity index (χ2v) is 4.45. The van der Waals surface area contributed by atoms with Gasteiger partial charge < -0.3 is 10.2 Å². The van der Waals surface area contributed by atoms with E-state index in [9.17, 15) is 14.0 Å². The van der Waals surface area contributed by atoms with Gasteiger partial charge in [-0.2, -0.15) is 0 Å². The van der Waals surface area contributed by atoms with Gasteiger partial charge in [0.05, 0.1) is 13.0 Å². The van der Waals surface area contributed by atoms with E-state index in [2.05, 4.69) is 5.32 Å². The summed E-state index contributed by atoms with van der Waals surface area (Å²) in [5, 5.41) is 2.85. The second kappa shape index (κ2) is 5.35. The lowest BCUT2D eigenvalue weighted by Crippen LogP contribution is -2.50. The van der Waals surface area contributed by atoms with Gasteiger partial charge >= 0.3 is 0 Å². The molecule has 2 amide bonds. The number of carbonyl (C=O) groups excluding carboxylic acids is 2. The maximum Gasteiger partial charge on any atom is 0.239 e. The zero-order chi connectivity index (χ0) is 13.1. The number of hydrogen-bond donors (Lipinski definition) is 1. The number of halogens is 2. The molecule has 6 heteroatoms. The lowest BCUT2D eigenvalue weighted by Gasteiger charge is -2.26. The number of benzene rings is 1. The zero-order valence-corrected chi connectivity index (χ0v) is 10.3. The van der Waals surface area contributed by atoms with Crippen molar-refractivity contribution in [3.8, 4) is 0 Å². The fraction of sp³-hybridized carbons (Fsp3) is 0.333. The number of hydrogen-bond acceptors (Lipinski definition) is 2. The summed E-state index contributed by atoms with van der Waals surface area (Å²) in [4.78, 5) is 24.5. The van der Waals surface area contributed by atoms with Crippen molar-refractivity contribution < 1.29 is 14.0 Å². The standard InChI is InChI=1S/C12H12ClFN2O2/c13-9-2-1-3-10(14)8(9)6-12(18)16-5-4-15-11(17)7-16/h1-3H,4-7H2,(H,15,17). The molecule has 0 aromatic heterocycles. The van der Waals surface area contributed by atoms with Gasteiger partial charge in [0.2, 0.25) is 11.8 Å². The van der Waals surface area contributed by atoms with Crippen molar-refractivity contribution in [1.82, 2.24) is 10.2 Å². The van der Waals surface area contributed by atoms with Crippen LogP contribution in [-0.4, -0.2) is 36.3 Å². The Balaban J connectivity index is 2.09. The zero-order valence-electron chi connectivity index (χ0n) is 9.58. The van der Waals surface area contributed by atoms with E-state index in [4.69, 9.17) is 11.6 Å². The SMILES string of the molecule is O=C1CN(C(=O)Cc2c(F)cccc2Cl)CCN1. The molecule has 1 aromatic carbocycles. The highest BCUT2D eigenvalue weighted by atomic mass is 35.5. The molecule has 2 rings (SSSR count). The normalized spacial score (nSPS) is 15.4. The third-order valence-electron chi connectivity index (χ3n) is 2.78. The lowest BCUT2D eigenvalue weighted by molar-refractivity contribution is -0.137. The molecule has 0 bridgehead atoms. The minimum absolute atomic E-state index is 0.0188. The number of amides is 2. The highest BCUT2D eigenvalue weighted by Crippen LogP contribution is 2.20. The van der Waals surface area contributed by atoms with E-state index in [1.165, 1.54) is 23.1 Å². The largest absolute Gasteiger partial charge is 0.353 e. The lowest BCUT2D eigenvalue weighted by atomic mass is 10.1. The summed E-state index contributed by atoms with van der Waals surface area (Å²) in [5.41, 5.74) is 0.176. The quantitative estimate of drug-likeness (QED) is 0.871. The maximum absolute atomic E-state index is 13.5. The molecule has 1 heterocycles. The Morgan fingerprint density at radius 2 is 2.28 bits per heavy atom. The van der Waals surface area contributed by atoms with E-state index >= 15 is 0 Å². The monoisotopic (exact) mass is 270 g/mol. The molecule has 0 unspecified atom stereocenters. The molecule has 96 valence electrons. The predicted octanol–water partition coefficient (Wildman–Crippen LogP) is 0.980. The first-order valence-electron chi connectivity index (χ1n) is 5.55. The van der Waals surface area contributed by atoms with Gasteiger partial charge in [0.25, 0.3) is 0 Å². The summed E-state index contributed by atoms with van der Waals surface area (Å²) < 4.78 is 13.5. The predicted molar refractivity (Wildman–Crippen MR) is 64.7 cm³/mol. The van der Waals surface area contributed by atoms with E-state index in [1.807, 2.05) is 0 Å². The van der Waals surface area contributed by atoms with Crippen molar-refractivity contribution in [2.45, 2.75) is 6.42 Å². The summed E-state index contributed by atoms with van der Waals surface area (Å²) in [6.45, 7) is 0.886. The van der Waals surface area contributed by atoms with Crippen molar-refractivity contribution >= 4 is 23.4 Å². The third-order valence-corrected chi connectivity index (χ3v) is 3.13. The molecule has 18 heavy (non-hydrogen) atoms. The van der Waals surface area contributed by atoms with E-state index in [1.54, 1.807) is 0 Å². The molecule has 0 atom stereocenters. The van der Waals surface area contributed by atoms with Crippen LogP contribution in [0.4, 0.5) is 4.39 Å². The molecular formula is C12H12ClFN2O2. The molecule has 0 spiro atoms. The Bertz CT molecular complexity index is 473. The van der Waals surface area contributed by atoms with Gasteiger partial charge in [0.1, 0.15) is 5.82 Å². The number of carbonyl (C=O) groups is 2. The Morgan fingerprint density at radius 3 is 2.94 bits per heavy atom. The van der Waals surface area contributed by atoms with Crippen LogP contribution in [0.15, 0.2) is 18.2 Å². The molecule has 1 aromatic rings. The van der Waals surface area contributed by atoms with Gasteiger partial charge in [-0.25, -0.2) is 4.39 Å². The van der Waals surface area contributed by atoms with Crippen molar-refractivity contribution in [1.29, 1.82) is 0 Å². The molecule has 1 aliphatic heterocycles. The van der Waals surface area contributed by atoms with Gasteiger partial charge in [-0.05, 0) is 12.1 Å². The van der Waals surface area contributed by atoms with Crippen LogP contribution in [0.1, 0.15) is 5.56 Å². The van der Waals surface area contributed by atoms with Gasteiger partial charge in [0, 0.05) is 23.7 Å². The fourth-order valence-electron chi connectivity index (χ4n) is 1.82. The average molecular weight is 271 g/mol. The Labute approximate surface area is 109 Å². The van der Waals surface area contributed by atoms with Crippen LogP contribution in [0.25, 0.3) is 0 Å². The summed E-state index contributed by atoms with van der Waals surface area (Å²) in [6, 6.07) is 4.29. The summed E-state index contributed by atoms with van der Waals surface area (Å²) in [7, 11) is 0. The Kier molecular flexibility index (Phi) is 3.81. The highest BCUT2D eigenvalue weighted by molar-refractivity contribution is 6.31. The molecule has 0 radical (unpaired) electrons. The Hall–Kier alpha value is -1.62. The summed E-state index contributed by atoms with van der Waals surface area (Å²) in [6.07, 6.45) is -0.126. The van der Waals surface area contributed by atoms with Crippen LogP contribution in [-0.2, 0) is 16.0 Å². The van der Waals surface area contributed by atoms with Gasteiger partial charge in [0.15, 0.2) is 0 Å². The van der Waals surface area contributed by atoms with Crippen molar-refractivity contribution in [2.24, 2.45) is 0 Å². The van der Waals surface area contributed by atoms with Crippen LogP contribution < -0.4 is 5.32 Å². The minimum atomic E-state index is -0.502. The smallest absolute Gasteiger partial charge is 0.239 e. The van der Waals surface area contributed by atoms with Gasteiger partial charge in [-0.15, -0.1) is 0 Å². The number of nitrogens with one attached hydrogen (secondary N) is 1. The first-order chi connectivity index (χ1) is 8.58. The number of nitrogens with zero attached hydrogens (tertiary/aromatic N) is 1. The van der Waals surface area contributed by atoms with E-state index < -0.39 is 5.82 Å². The maximum atomic E-state index is 13.5. The van der Waals surface area contributed by atoms with Gasteiger partial charge in [-0.1, -0.05) is 17.7 Å². The second-order valence-electron chi connectivity index (χ2n) is 4.04. The summed E-state index contributed by atoms with van der Waals surface area (Å²) >= 11 is 5.85. The third kappa shape index (κ3) is 2.79. The molecular weight excluding hydrogens is 259 g/mol. The molecule has 1 N–H and O–H groups in total. The van der Waals surface area contributed by atoms with Crippen LogP contribution in [0.2, 0.25) is 5.02 Å². The minimum Gasteiger partial charge on any atom is -0.353 e. The molecule has 1 aliphatic rings. The molecule has 0 saturated carbocycles.